The van der Waals surface area contributed by atoms with Gasteiger partial charge in [0, 0.05) is 28.8 Å². The summed E-state index contributed by atoms with van der Waals surface area (Å²) in [5.74, 6) is 0.146. The largest absolute Gasteiger partial charge is 0.496 e. The number of likely N-dealkylation sites (tertiary alicyclic amines) is 1. The quantitative estimate of drug-likeness (QED) is 0.316. The highest BCUT2D eigenvalue weighted by Gasteiger charge is 2.47. The molecule has 0 bridgehead atoms. The van der Waals surface area contributed by atoms with Crippen LogP contribution in [0.3, 0.4) is 0 Å². The number of hydrogen-bond acceptors (Lipinski definition) is 4. The third kappa shape index (κ3) is 6.18. The lowest BCUT2D eigenvalue weighted by atomic mass is 9.81. The van der Waals surface area contributed by atoms with Gasteiger partial charge in [-0.1, -0.05) is 63.4 Å². The van der Waals surface area contributed by atoms with Crippen LogP contribution < -0.4 is 10.1 Å². The Labute approximate surface area is 234 Å². The molecule has 1 N–H and O–H groups in total. The molecule has 0 saturated carbocycles. The SMILES string of the molecule is COCc1ccc(C(=O)NC2(c3ccc(Br)cc3)CN(C(=O)/C=C/c3ccc(Cl)c(Cl)c3)C2)cc1OC. The van der Waals surface area contributed by atoms with Gasteiger partial charge in [-0.05, 0) is 53.6 Å². The molecule has 0 aromatic heterocycles. The van der Waals surface area contributed by atoms with Gasteiger partial charge in [0.05, 0.1) is 36.9 Å². The number of methoxy groups -OCH3 is 2. The van der Waals surface area contributed by atoms with Gasteiger partial charge in [0.2, 0.25) is 5.91 Å². The number of amides is 2. The van der Waals surface area contributed by atoms with Crippen molar-refractivity contribution in [2.75, 3.05) is 27.3 Å². The van der Waals surface area contributed by atoms with Crippen molar-refractivity contribution in [3.05, 3.63) is 104 Å². The average molecular weight is 604 g/mol. The van der Waals surface area contributed by atoms with Crippen LogP contribution >= 0.6 is 39.1 Å². The molecule has 37 heavy (non-hydrogen) atoms. The van der Waals surface area contributed by atoms with Crippen molar-refractivity contribution in [2.24, 2.45) is 0 Å². The summed E-state index contributed by atoms with van der Waals surface area (Å²) in [5.41, 5.74) is 2.24. The number of nitrogens with zero attached hydrogens (tertiary/aromatic N) is 1. The van der Waals surface area contributed by atoms with E-state index in [-0.39, 0.29) is 11.8 Å². The Hall–Kier alpha value is -2.84. The number of halogens is 3. The molecule has 2 amide bonds. The fourth-order valence-corrected chi connectivity index (χ4v) is 4.77. The minimum Gasteiger partial charge on any atom is -0.496 e. The van der Waals surface area contributed by atoms with E-state index in [2.05, 4.69) is 21.2 Å². The third-order valence-corrected chi connectivity index (χ3v) is 7.46. The van der Waals surface area contributed by atoms with Crippen molar-refractivity contribution in [3.63, 3.8) is 0 Å². The summed E-state index contributed by atoms with van der Waals surface area (Å²) in [6, 6.07) is 18.1. The second kappa shape index (κ2) is 11.7. The van der Waals surface area contributed by atoms with Crippen LogP contribution in [-0.2, 0) is 21.7 Å². The number of rotatable bonds is 8. The normalized spacial score (nSPS) is 14.4. The molecular formula is C28H25BrCl2N2O4. The van der Waals surface area contributed by atoms with Crippen molar-refractivity contribution in [3.8, 4) is 5.75 Å². The number of nitrogens with one attached hydrogen (secondary N) is 1. The highest BCUT2D eigenvalue weighted by atomic mass is 79.9. The Morgan fingerprint density at radius 2 is 1.76 bits per heavy atom. The van der Waals surface area contributed by atoms with E-state index in [0.29, 0.717) is 41.1 Å². The maximum absolute atomic E-state index is 13.3. The molecule has 0 aliphatic carbocycles. The molecule has 4 rings (SSSR count). The lowest BCUT2D eigenvalue weighted by molar-refractivity contribution is -0.134. The van der Waals surface area contributed by atoms with Gasteiger partial charge in [-0.15, -0.1) is 0 Å². The highest BCUT2D eigenvalue weighted by molar-refractivity contribution is 9.10. The maximum atomic E-state index is 13.3. The summed E-state index contributed by atoms with van der Waals surface area (Å²) in [6.07, 6.45) is 3.18. The topological polar surface area (TPSA) is 67.9 Å². The van der Waals surface area contributed by atoms with Crippen LogP contribution in [0.2, 0.25) is 10.0 Å². The fraction of sp³-hybridized carbons (Fsp3) is 0.214. The number of carbonyl (C=O) groups is 2. The second-order valence-corrected chi connectivity index (χ2v) is 10.4. The van der Waals surface area contributed by atoms with Crippen LogP contribution in [0.5, 0.6) is 5.75 Å². The molecule has 6 nitrogen and oxygen atoms in total. The number of ether oxygens (including phenoxy) is 2. The molecular weight excluding hydrogens is 579 g/mol. The summed E-state index contributed by atoms with van der Waals surface area (Å²) < 4.78 is 11.6. The van der Waals surface area contributed by atoms with E-state index < -0.39 is 5.54 Å². The van der Waals surface area contributed by atoms with E-state index in [1.807, 2.05) is 30.3 Å². The molecule has 0 radical (unpaired) electrons. The van der Waals surface area contributed by atoms with E-state index in [9.17, 15) is 9.59 Å². The molecule has 1 aliphatic rings. The first-order valence-corrected chi connectivity index (χ1v) is 13.0. The number of hydrogen-bond donors (Lipinski definition) is 1. The zero-order chi connectivity index (χ0) is 26.6. The zero-order valence-corrected chi connectivity index (χ0v) is 23.4. The van der Waals surface area contributed by atoms with Gasteiger partial charge in [-0.2, -0.15) is 0 Å². The third-order valence-electron chi connectivity index (χ3n) is 6.19. The molecule has 9 heteroatoms. The average Bonchev–Trinajstić information content (AvgIpc) is 2.87. The first kappa shape index (κ1) is 27.2. The smallest absolute Gasteiger partial charge is 0.252 e. The molecule has 0 spiro atoms. The van der Waals surface area contributed by atoms with Crippen LogP contribution in [0.1, 0.15) is 27.0 Å². The Morgan fingerprint density at radius 3 is 2.41 bits per heavy atom. The van der Waals surface area contributed by atoms with Crippen molar-refractivity contribution in [1.82, 2.24) is 10.2 Å². The number of benzene rings is 3. The Morgan fingerprint density at radius 1 is 1.03 bits per heavy atom. The van der Waals surface area contributed by atoms with Crippen LogP contribution in [0, 0.1) is 0 Å². The van der Waals surface area contributed by atoms with Gasteiger partial charge in [-0.3, -0.25) is 9.59 Å². The van der Waals surface area contributed by atoms with Gasteiger partial charge in [0.25, 0.3) is 5.91 Å². The van der Waals surface area contributed by atoms with Gasteiger partial charge in [0.1, 0.15) is 11.3 Å². The maximum Gasteiger partial charge on any atom is 0.252 e. The van der Waals surface area contributed by atoms with E-state index in [4.69, 9.17) is 32.7 Å². The molecule has 1 fully saturated rings. The summed E-state index contributed by atoms with van der Waals surface area (Å²) in [5, 5.41) is 4.04. The first-order chi connectivity index (χ1) is 17.7. The van der Waals surface area contributed by atoms with Crippen molar-refractivity contribution in [2.45, 2.75) is 12.1 Å². The fourth-order valence-electron chi connectivity index (χ4n) is 4.20. The summed E-state index contributed by atoms with van der Waals surface area (Å²) in [4.78, 5) is 27.9. The van der Waals surface area contributed by atoms with Crippen molar-refractivity contribution >= 4 is 57.0 Å². The van der Waals surface area contributed by atoms with Gasteiger partial charge < -0.3 is 19.7 Å². The summed E-state index contributed by atoms with van der Waals surface area (Å²) in [7, 11) is 3.16. The van der Waals surface area contributed by atoms with Gasteiger partial charge in [-0.25, -0.2) is 0 Å². The molecule has 1 aliphatic heterocycles. The van der Waals surface area contributed by atoms with E-state index in [1.54, 1.807) is 55.5 Å². The van der Waals surface area contributed by atoms with Crippen LogP contribution in [0.25, 0.3) is 6.08 Å². The van der Waals surface area contributed by atoms with Crippen LogP contribution in [-0.4, -0.2) is 44.0 Å². The number of carbonyl (C=O) groups excluding carboxylic acids is 2. The summed E-state index contributed by atoms with van der Waals surface area (Å²) >= 11 is 15.5. The lowest BCUT2D eigenvalue weighted by Crippen LogP contribution is -2.68. The second-order valence-electron chi connectivity index (χ2n) is 8.70. The Balaban J connectivity index is 1.53. The van der Waals surface area contributed by atoms with Crippen LogP contribution in [0.15, 0.2) is 71.2 Å². The van der Waals surface area contributed by atoms with Crippen LogP contribution in [0.4, 0.5) is 0 Å². The Bertz CT molecular complexity index is 1340. The standard InChI is InChI=1S/C28H25BrCl2N2O4/c1-36-15-20-6-5-19(14-25(20)37-2)27(35)32-28(21-7-9-22(29)10-8-21)16-33(17-28)26(34)12-4-18-3-11-23(30)24(31)13-18/h3-14H,15-17H2,1-2H3,(H,32,35)/b12-4+. The monoisotopic (exact) mass is 602 g/mol. The zero-order valence-electron chi connectivity index (χ0n) is 20.3. The van der Waals surface area contributed by atoms with Crippen molar-refractivity contribution < 1.29 is 19.1 Å². The van der Waals surface area contributed by atoms with Crippen molar-refractivity contribution in [1.29, 1.82) is 0 Å². The van der Waals surface area contributed by atoms with E-state index in [1.165, 1.54) is 6.08 Å². The highest BCUT2D eigenvalue weighted by Crippen LogP contribution is 2.34. The van der Waals surface area contributed by atoms with E-state index in [0.717, 1.165) is 21.2 Å². The molecule has 3 aromatic carbocycles. The molecule has 1 saturated heterocycles. The predicted octanol–water partition coefficient (Wildman–Crippen LogP) is 6.09. The molecule has 192 valence electrons. The molecule has 0 atom stereocenters. The lowest BCUT2D eigenvalue weighted by Gasteiger charge is -2.50. The van der Waals surface area contributed by atoms with E-state index >= 15 is 0 Å². The minimum atomic E-state index is -0.733. The molecule has 1 heterocycles. The van der Waals surface area contributed by atoms with Gasteiger partial charge in [0.15, 0.2) is 0 Å². The first-order valence-electron chi connectivity index (χ1n) is 11.4. The minimum absolute atomic E-state index is 0.168. The molecule has 3 aromatic rings. The Kier molecular flexibility index (Phi) is 8.60. The molecule has 0 unspecified atom stereocenters. The summed E-state index contributed by atoms with van der Waals surface area (Å²) in [6.45, 7) is 1.02. The predicted molar refractivity (Wildman–Crippen MR) is 149 cm³/mol. The van der Waals surface area contributed by atoms with Gasteiger partial charge >= 0.3 is 0 Å².